The highest BCUT2D eigenvalue weighted by Gasteiger charge is 2.21. The predicted octanol–water partition coefficient (Wildman–Crippen LogP) is 2.42. The van der Waals surface area contributed by atoms with Gasteiger partial charge in [0, 0.05) is 11.8 Å². The van der Waals surface area contributed by atoms with Gasteiger partial charge in [-0.3, -0.25) is 4.79 Å². The van der Waals surface area contributed by atoms with Gasteiger partial charge in [-0.25, -0.2) is 4.98 Å². The quantitative estimate of drug-likeness (QED) is 0.888. The van der Waals surface area contributed by atoms with E-state index in [-0.39, 0.29) is 28.9 Å². The number of fused-ring (bicyclic) bond motifs is 1. The van der Waals surface area contributed by atoms with Crippen molar-refractivity contribution >= 4 is 23.3 Å². The fraction of sp³-hybridized carbons (Fsp3) is 0.0769. The second-order valence-corrected chi connectivity index (χ2v) is 4.42. The monoisotopic (exact) mass is 292 g/mol. The molecule has 0 radical (unpaired) electrons. The van der Waals surface area contributed by atoms with Crippen molar-refractivity contribution in [3.05, 3.63) is 41.0 Å². The van der Waals surface area contributed by atoms with Crippen LogP contribution in [0.25, 0.3) is 0 Å². The number of hydrogen-bond donors (Lipinski definition) is 2. The molecule has 0 saturated heterocycles. The Morgan fingerprint density at radius 3 is 3.05 bits per heavy atom. The molecule has 1 aromatic heterocycles. The van der Waals surface area contributed by atoms with E-state index in [4.69, 9.17) is 21.1 Å². The maximum Gasteiger partial charge on any atom is 0.257 e. The Bertz CT molecular complexity index is 690. The van der Waals surface area contributed by atoms with Gasteiger partial charge in [0.05, 0.1) is 5.02 Å². The number of aromatic nitrogens is 1. The Labute approximate surface area is 118 Å². The number of aromatic hydroxyl groups is 1. The first kappa shape index (κ1) is 12.6. The zero-order chi connectivity index (χ0) is 14.1. The molecule has 0 fully saturated rings. The van der Waals surface area contributed by atoms with Crippen LogP contribution in [0, 0.1) is 0 Å². The number of carbonyl (C=O) groups is 1. The molecule has 0 atom stereocenters. The minimum Gasteiger partial charge on any atom is -0.504 e. The third-order valence-corrected chi connectivity index (χ3v) is 2.99. The first-order chi connectivity index (χ1) is 9.65. The fourth-order valence-electron chi connectivity index (χ4n) is 1.77. The van der Waals surface area contributed by atoms with Crippen LogP contribution in [-0.4, -0.2) is 22.8 Å². The Hall–Kier alpha value is -2.47. The second kappa shape index (κ2) is 4.90. The van der Waals surface area contributed by atoms with Gasteiger partial charge >= 0.3 is 0 Å². The van der Waals surface area contributed by atoms with Gasteiger partial charge in [0.25, 0.3) is 5.91 Å². The molecule has 3 rings (SSSR count). The number of amides is 1. The average Bonchev–Trinajstić information content (AvgIpc) is 2.90. The number of nitrogens with one attached hydrogen (secondary N) is 1. The summed E-state index contributed by atoms with van der Waals surface area (Å²) in [6, 6.07) is 5.96. The Balaban J connectivity index is 1.88. The Kier molecular flexibility index (Phi) is 3.08. The van der Waals surface area contributed by atoms with Crippen molar-refractivity contribution in [3.63, 3.8) is 0 Å². The van der Waals surface area contributed by atoms with Crippen molar-refractivity contribution in [3.8, 4) is 17.2 Å². The number of pyridine rings is 1. The summed E-state index contributed by atoms with van der Waals surface area (Å²) in [6.45, 7) is 0.0706. The van der Waals surface area contributed by atoms with Gasteiger partial charge in [-0.05, 0) is 24.3 Å². The summed E-state index contributed by atoms with van der Waals surface area (Å²) >= 11 is 6.00. The highest BCUT2D eigenvalue weighted by Crippen LogP contribution is 2.39. The summed E-state index contributed by atoms with van der Waals surface area (Å²) in [5.41, 5.74) is 0.282. The predicted molar refractivity (Wildman–Crippen MR) is 71.4 cm³/mol. The SMILES string of the molecule is O=C(Nc1ncccc1O)c1cc(Cl)c2c(c1)OCO2. The van der Waals surface area contributed by atoms with Gasteiger partial charge in [-0.2, -0.15) is 0 Å². The molecule has 1 amide bonds. The van der Waals surface area contributed by atoms with Crippen molar-refractivity contribution in [2.45, 2.75) is 0 Å². The molecule has 2 heterocycles. The van der Waals surface area contributed by atoms with Crippen LogP contribution in [0.5, 0.6) is 17.2 Å². The third kappa shape index (κ3) is 2.21. The van der Waals surface area contributed by atoms with Gasteiger partial charge in [0.15, 0.2) is 23.1 Å². The lowest BCUT2D eigenvalue weighted by Crippen LogP contribution is -2.13. The summed E-state index contributed by atoms with van der Waals surface area (Å²) in [5.74, 6) is 0.329. The van der Waals surface area contributed by atoms with Crippen LogP contribution >= 0.6 is 11.6 Å². The molecule has 0 aliphatic carbocycles. The number of ether oxygens (including phenoxy) is 2. The maximum atomic E-state index is 12.1. The molecule has 0 saturated carbocycles. The lowest BCUT2D eigenvalue weighted by molar-refractivity contribution is 0.102. The van der Waals surface area contributed by atoms with E-state index in [0.29, 0.717) is 11.5 Å². The van der Waals surface area contributed by atoms with E-state index in [1.54, 1.807) is 6.07 Å². The van der Waals surface area contributed by atoms with Crippen LogP contribution in [0.2, 0.25) is 5.02 Å². The number of rotatable bonds is 2. The van der Waals surface area contributed by atoms with Crippen molar-refractivity contribution < 1.29 is 19.4 Å². The minimum atomic E-state index is -0.459. The lowest BCUT2D eigenvalue weighted by atomic mass is 10.2. The summed E-state index contributed by atoms with van der Waals surface area (Å²) in [7, 11) is 0. The van der Waals surface area contributed by atoms with Crippen LogP contribution in [0.15, 0.2) is 30.5 Å². The second-order valence-electron chi connectivity index (χ2n) is 4.02. The smallest absolute Gasteiger partial charge is 0.257 e. The Morgan fingerprint density at radius 2 is 2.25 bits per heavy atom. The molecule has 1 aliphatic rings. The zero-order valence-electron chi connectivity index (χ0n) is 10.1. The number of nitrogens with zero attached hydrogens (tertiary/aromatic N) is 1. The highest BCUT2D eigenvalue weighted by atomic mass is 35.5. The summed E-state index contributed by atoms with van der Waals surface area (Å²) in [6.07, 6.45) is 1.46. The van der Waals surface area contributed by atoms with E-state index in [1.807, 2.05) is 0 Å². The number of halogens is 1. The van der Waals surface area contributed by atoms with Gasteiger partial charge in [-0.1, -0.05) is 11.6 Å². The summed E-state index contributed by atoms with van der Waals surface area (Å²) < 4.78 is 10.4. The molecule has 6 nitrogen and oxygen atoms in total. The van der Waals surface area contributed by atoms with Crippen LogP contribution < -0.4 is 14.8 Å². The molecule has 7 heteroatoms. The van der Waals surface area contributed by atoms with E-state index in [1.165, 1.54) is 24.4 Å². The minimum absolute atomic E-state index is 0.0706. The molecule has 1 aromatic carbocycles. The molecule has 0 bridgehead atoms. The van der Waals surface area contributed by atoms with Crippen LogP contribution in [0.4, 0.5) is 5.82 Å². The molecule has 0 unspecified atom stereocenters. The largest absolute Gasteiger partial charge is 0.504 e. The number of benzene rings is 1. The maximum absolute atomic E-state index is 12.1. The number of anilines is 1. The molecule has 2 aromatic rings. The molecule has 1 aliphatic heterocycles. The fourth-order valence-corrected chi connectivity index (χ4v) is 2.04. The van der Waals surface area contributed by atoms with E-state index in [0.717, 1.165) is 0 Å². The van der Waals surface area contributed by atoms with Gasteiger partial charge < -0.3 is 19.9 Å². The first-order valence-corrected chi connectivity index (χ1v) is 6.07. The van der Waals surface area contributed by atoms with E-state index in [9.17, 15) is 9.90 Å². The van der Waals surface area contributed by atoms with E-state index < -0.39 is 5.91 Å². The Morgan fingerprint density at radius 1 is 1.40 bits per heavy atom. The van der Waals surface area contributed by atoms with Gasteiger partial charge in [-0.15, -0.1) is 0 Å². The van der Waals surface area contributed by atoms with Crippen molar-refractivity contribution in [2.24, 2.45) is 0 Å². The van der Waals surface area contributed by atoms with Crippen LogP contribution in [0.1, 0.15) is 10.4 Å². The van der Waals surface area contributed by atoms with Crippen molar-refractivity contribution in [2.75, 3.05) is 12.1 Å². The van der Waals surface area contributed by atoms with E-state index in [2.05, 4.69) is 10.3 Å². The first-order valence-electron chi connectivity index (χ1n) is 5.69. The van der Waals surface area contributed by atoms with E-state index >= 15 is 0 Å². The summed E-state index contributed by atoms with van der Waals surface area (Å²) in [5, 5.41) is 12.3. The summed E-state index contributed by atoms with van der Waals surface area (Å²) in [4.78, 5) is 16.0. The van der Waals surface area contributed by atoms with Crippen LogP contribution in [0.3, 0.4) is 0 Å². The molecular formula is C13H9ClN2O4. The molecular weight excluding hydrogens is 284 g/mol. The zero-order valence-corrected chi connectivity index (χ0v) is 10.8. The normalized spacial score (nSPS) is 12.2. The topological polar surface area (TPSA) is 80.7 Å². The highest BCUT2D eigenvalue weighted by molar-refractivity contribution is 6.32. The number of hydrogen-bond acceptors (Lipinski definition) is 5. The van der Waals surface area contributed by atoms with Gasteiger partial charge in [0.2, 0.25) is 6.79 Å². The molecule has 0 spiro atoms. The number of carbonyl (C=O) groups excluding carboxylic acids is 1. The molecule has 20 heavy (non-hydrogen) atoms. The van der Waals surface area contributed by atoms with Gasteiger partial charge in [0.1, 0.15) is 0 Å². The molecule has 102 valence electrons. The van der Waals surface area contributed by atoms with Crippen molar-refractivity contribution in [1.29, 1.82) is 0 Å². The van der Waals surface area contributed by atoms with Crippen LogP contribution in [-0.2, 0) is 0 Å². The average molecular weight is 293 g/mol. The molecule has 2 N–H and O–H groups in total. The standard InChI is InChI=1S/C13H9ClN2O4/c14-8-4-7(5-10-11(8)20-6-19-10)13(18)16-12-9(17)2-1-3-15-12/h1-5,17H,6H2,(H,15,16,18). The van der Waals surface area contributed by atoms with Crippen molar-refractivity contribution in [1.82, 2.24) is 4.98 Å². The third-order valence-electron chi connectivity index (χ3n) is 2.71. The lowest BCUT2D eigenvalue weighted by Gasteiger charge is -2.07.